The Hall–Kier alpha value is -0.500. The summed E-state index contributed by atoms with van der Waals surface area (Å²) in [7, 11) is -3.91. The number of halogens is 2. The first kappa shape index (κ1) is 15.6. The molecule has 0 radical (unpaired) electrons. The minimum absolute atomic E-state index is 0.0291. The van der Waals surface area contributed by atoms with Crippen molar-refractivity contribution in [2.45, 2.75) is 18.7 Å². The van der Waals surface area contributed by atoms with Gasteiger partial charge in [-0.25, -0.2) is 17.5 Å². The van der Waals surface area contributed by atoms with Crippen LogP contribution in [0.25, 0.3) is 0 Å². The molecule has 0 aliphatic carbocycles. The molecule has 1 aromatic carbocycles. The smallest absolute Gasteiger partial charge is 0.243 e. The Morgan fingerprint density at radius 1 is 1.44 bits per heavy atom. The van der Waals surface area contributed by atoms with Gasteiger partial charge in [0.25, 0.3) is 0 Å². The van der Waals surface area contributed by atoms with E-state index in [4.69, 9.17) is 5.11 Å². The number of hydrogen-bond acceptors (Lipinski definition) is 3. The Morgan fingerprint density at radius 2 is 2.06 bits per heavy atom. The highest BCUT2D eigenvalue weighted by Gasteiger charge is 2.23. The van der Waals surface area contributed by atoms with E-state index >= 15 is 0 Å². The summed E-state index contributed by atoms with van der Waals surface area (Å²) in [6, 6.07) is 3.73. The minimum atomic E-state index is -3.91. The van der Waals surface area contributed by atoms with E-state index in [1.165, 1.54) is 12.1 Å². The molecule has 0 aromatic heterocycles. The largest absolute Gasteiger partial charge is 0.396 e. The van der Waals surface area contributed by atoms with Gasteiger partial charge in [-0.2, -0.15) is 0 Å². The van der Waals surface area contributed by atoms with Gasteiger partial charge in [0.2, 0.25) is 10.0 Å². The van der Waals surface area contributed by atoms with Crippen molar-refractivity contribution in [3.05, 3.63) is 28.5 Å². The molecule has 1 rings (SSSR count). The molecule has 0 saturated heterocycles. The second kappa shape index (κ2) is 5.64. The van der Waals surface area contributed by atoms with E-state index in [1.54, 1.807) is 13.8 Å². The number of sulfonamides is 1. The van der Waals surface area contributed by atoms with Crippen LogP contribution in [0.4, 0.5) is 4.39 Å². The summed E-state index contributed by atoms with van der Waals surface area (Å²) in [6.45, 7) is 3.26. The summed E-state index contributed by atoms with van der Waals surface area (Å²) in [6.07, 6.45) is 0. The van der Waals surface area contributed by atoms with Gasteiger partial charge in [0.1, 0.15) is 10.7 Å². The summed E-state index contributed by atoms with van der Waals surface area (Å²) in [5, 5.41) is 9.04. The van der Waals surface area contributed by atoms with Gasteiger partial charge in [0, 0.05) is 23.0 Å². The molecule has 0 amide bonds. The monoisotopic (exact) mass is 339 g/mol. The highest BCUT2D eigenvalue weighted by molar-refractivity contribution is 9.10. The van der Waals surface area contributed by atoms with Crippen molar-refractivity contribution in [1.29, 1.82) is 0 Å². The van der Waals surface area contributed by atoms with Crippen molar-refractivity contribution in [3.8, 4) is 0 Å². The molecular formula is C11H15BrFNO3S. The van der Waals surface area contributed by atoms with E-state index in [9.17, 15) is 12.8 Å². The van der Waals surface area contributed by atoms with Crippen molar-refractivity contribution in [1.82, 2.24) is 4.72 Å². The van der Waals surface area contributed by atoms with Gasteiger partial charge in [-0.15, -0.1) is 0 Å². The molecule has 0 aliphatic rings. The minimum Gasteiger partial charge on any atom is -0.396 e. The second-order valence-corrected chi connectivity index (χ2v) is 7.37. The maximum atomic E-state index is 13.5. The van der Waals surface area contributed by atoms with Crippen molar-refractivity contribution in [2.24, 2.45) is 5.41 Å². The Kier molecular flexibility index (Phi) is 4.88. The zero-order chi connectivity index (χ0) is 14.0. The number of rotatable bonds is 5. The molecule has 102 valence electrons. The summed E-state index contributed by atoms with van der Waals surface area (Å²) < 4.78 is 40.1. The molecule has 1 aromatic rings. The summed E-state index contributed by atoms with van der Waals surface area (Å²) in [4.78, 5) is -0.403. The average Bonchev–Trinajstić information content (AvgIpc) is 2.26. The third kappa shape index (κ3) is 4.01. The van der Waals surface area contributed by atoms with Gasteiger partial charge >= 0.3 is 0 Å². The normalized spacial score (nSPS) is 12.7. The second-order valence-electron chi connectivity index (χ2n) is 4.72. The first-order valence-electron chi connectivity index (χ1n) is 5.23. The lowest BCUT2D eigenvalue weighted by Crippen LogP contribution is -2.36. The average molecular weight is 340 g/mol. The third-order valence-electron chi connectivity index (χ3n) is 2.35. The van der Waals surface area contributed by atoms with Crippen molar-refractivity contribution < 1.29 is 17.9 Å². The summed E-state index contributed by atoms with van der Waals surface area (Å²) in [5.41, 5.74) is -0.598. The van der Waals surface area contributed by atoms with Gasteiger partial charge in [0.05, 0.1) is 0 Å². The first-order chi connectivity index (χ1) is 8.18. The number of aliphatic hydroxyl groups excluding tert-OH is 1. The maximum Gasteiger partial charge on any atom is 0.243 e. The molecular weight excluding hydrogens is 325 g/mol. The third-order valence-corrected chi connectivity index (χ3v) is 4.28. The molecule has 0 saturated carbocycles. The van der Waals surface area contributed by atoms with Crippen molar-refractivity contribution >= 4 is 26.0 Å². The lowest BCUT2D eigenvalue weighted by Gasteiger charge is -2.21. The Balaban J connectivity index is 2.94. The Bertz CT molecular complexity index is 531. The molecule has 0 heterocycles. The van der Waals surface area contributed by atoms with Crippen LogP contribution in [0.3, 0.4) is 0 Å². The van der Waals surface area contributed by atoms with Gasteiger partial charge in [-0.1, -0.05) is 29.8 Å². The van der Waals surface area contributed by atoms with Gasteiger partial charge in [-0.05, 0) is 18.2 Å². The number of nitrogens with one attached hydrogen (secondary N) is 1. The molecule has 0 bridgehead atoms. The molecule has 0 spiro atoms. The predicted octanol–water partition coefficient (Wildman–Crippen LogP) is 1.89. The van der Waals surface area contributed by atoms with Crippen LogP contribution in [0.15, 0.2) is 27.6 Å². The van der Waals surface area contributed by atoms with E-state index in [1.807, 2.05) is 0 Å². The van der Waals surface area contributed by atoms with E-state index in [2.05, 4.69) is 20.7 Å². The topological polar surface area (TPSA) is 66.4 Å². The van der Waals surface area contributed by atoms with Gasteiger partial charge in [0.15, 0.2) is 0 Å². The van der Waals surface area contributed by atoms with E-state index in [-0.39, 0.29) is 13.2 Å². The Morgan fingerprint density at radius 3 is 2.56 bits per heavy atom. The number of hydrogen-bond donors (Lipinski definition) is 2. The lowest BCUT2D eigenvalue weighted by atomic mass is 9.96. The van der Waals surface area contributed by atoms with Crippen LogP contribution >= 0.6 is 15.9 Å². The fraction of sp³-hybridized carbons (Fsp3) is 0.455. The van der Waals surface area contributed by atoms with Crippen LogP contribution in [0.1, 0.15) is 13.8 Å². The first-order valence-corrected chi connectivity index (χ1v) is 7.51. The highest BCUT2D eigenvalue weighted by atomic mass is 79.9. The zero-order valence-electron chi connectivity index (χ0n) is 10.1. The van der Waals surface area contributed by atoms with Crippen LogP contribution in [-0.2, 0) is 10.0 Å². The summed E-state index contributed by atoms with van der Waals surface area (Å²) in [5.74, 6) is -0.821. The predicted molar refractivity (Wildman–Crippen MR) is 70.2 cm³/mol. The van der Waals surface area contributed by atoms with Crippen LogP contribution < -0.4 is 4.72 Å². The van der Waals surface area contributed by atoms with Crippen molar-refractivity contribution in [3.63, 3.8) is 0 Å². The molecule has 0 aliphatic heterocycles. The number of aliphatic hydroxyl groups is 1. The van der Waals surface area contributed by atoms with E-state index in [0.29, 0.717) is 4.47 Å². The van der Waals surface area contributed by atoms with Crippen LogP contribution in [0.5, 0.6) is 0 Å². The molecule has 0 fully saturated rings. The maximum absolute atomic E-state index is 13.5. The van der Waals surface area contributed by atoms with Gasteiger partial charge < -0.3 is 5.11 Å². The fourth-order valence-corrected chi connectivity index (χ4v) is 2.75. The number of benzene rings is 1. The lowest BCUT2D eigenvalue weighted by molar-refractivity contribution is 0.163. The van der Waals surface area contributed by atoms with Crippen molar-refractivity contribution in [2.75, 3.05) is 13.2 Å². The quantitative estimate of drug-likeness (QED) is 0.860. The van der Waals surface area contributed by atoms with E-state index in [0.717, 1.165) is 6.07 Å². The van der Waals surface area contributed by atoms with Gasteiger partial charge in [-0.3, -0.25) is 0 Å². The van der Waals surface area contributed by atoms with Crippen LogP contribution in [0.2, 0.25) is 0 Å². The Labute approximate surface area is 114 Å². The molecule has 0 unspecified atom stereocenters. The zero-order valence-corrected chi connectivity index (χ0v) is 12.5. The highest BCUT2D eigenvalue weighted by Crippen LogP contribution is 2.20. The molecule has 2 N–H and O–H groups in total. The summed E-state index contributed by atoms with van der Waals surface area (Å²) >= 11 is 3.06. The standard InChI is InChI=1S/C11H15BrFNO3S/c1-11(2,7-15)6-14-18(16,17)10-4-3-8(12)5-9(10)13/h3-5,14-15H,6-7H2,1-2H3. The molecule has 7 heteroatoms. The SMILES string of the molecule is CC(C)(CO)CNS(=O)(=O)c1ccc(Br)cc1F. The van der Waals surface area contributed by atoms with Crippen LogP contribution in [-0.4, -0.2) is 26.7 Å². The molecule has 0 atom stereocenters. The fourth-order valence-electron chi connectivity index (χ4n) is 1.12. The van der Waals surface area contributed by atoms with E-state index < -0.39 is 26.2 Å². The van der Waals surface area contributed by atoms with Crippen LogP contribution in [0, 0.1) is 11.2 Å². The molecule has 18 heavy (non-hydrogen) atoms. The molecule has 4 nitrogen and oxygen atoms in total.